The van der Waals surface area contributed by atoms with Crippen molar-refractivity contribution in [2.24, 2.45) is 0 Å². The van der Waals surface area contributed by atoms with Gasteiger partial charge < -0.3 is 0 Å². The minimum absolute atomic E-state index is 0.00239. The Bertz CT molecular complexity index is 815. The lowest BCUT2D eigenvalue weighted by molar-refractivity contribution is 0.617. The summed E-state index contributed by atoms with van der Waals surface area (Å²) in [6, 6.07) is 9.23. The Kier molecular flexibility index (Phi) is 3.83. The van der Waals surface area contributed by atoms with Crippen LogP contribution in [0.2, 0.25) is 5.02 Å². The second-order valence-electron chi connectivity index (χ2n) is 4.48. The summed E-state index contributed by atoms with van der Waals surface area (Å²) in [4.78, 5) is 4.24. The van der Waals surface area contributed by atoms with Crippen molar-refractivity contribution in [3.05, 3.63) is 58.9 Å². The van der Waals surface area contributed by atoms with E-state index in [4.69, 9.17) is 23.2 Å². The van der Waals surface area contributed by atoms with Crippen LogP contribution in [0.1, 0.15) is 5.82 Å². The Morgan fingerprint density at radius 2 is 1.86 bits per heavy atom. The number of hydrogen-bond acceptors (Lipinski definition) is 1. The molecule has 0 N–H and O–H groups in total. The topological polar surface area (TPSA) is 17.8 Å². The molecule has 3 rings (SSSR count). The summed E-state index contributed by atoms with van der Waals surface area (Å²) in [6.45, 7) is 0. The lowest BCUT2D eigenvalue weighted by atomic mass is 10.2. The van der Waals surface area contributed by atoms with Gasteiger partial charge in [-0.25, -0.2) is 13.8 Å². The Morgan fingerprint density at radius 3 is 2.62 bits per heavy atom. The first-order valence-corrected chi connectivity index (χ1v) is 7.21. The fraction of sp³-hybridized carbons (Fsp3) is 0.133. The van der Waals surface area contributed by atoms with Crippen molar-refractivity contribution in [2.75, 3.05) is 5.88 Å². The van der Waals surface area contributed by atoms with Crippen LogP contribution in [0.15, 0.2) is 36.4 Å². The first-order valence-electron chi connectivity index (χ1n) is 6.29. The standard InChI is InChI=1S/C15H10Cl2F2N2/c16-8-7-13-20-15-10(18)4-2-6-12(15)21(13)11-5-1-3-9(17)14(11)19/h1-6H,7-8H2. The first-order chi connectivity index (χ1) is 10.1. The lowest BCUT2D eigenvalue weighted by Crippen LogP contribution is -2.04. The third-order valence-electron chi connectivity index (χ3n) is 3.20. The van der Waals surface area contributed by atoms with Gasteiger partial charge in [0.15, 0.2) is 11.6 Å². The molecule has 1 heterocycles. The van der Waals surface area contributed by atoms with Crippen LogP contribution < -0.4 is 0 Å². The molecule has 3 aromatic rings. The van der Waals surface area contributed by atoms with Gasteiger partial charge in [0, 0.05) is 12.3 Å². The van der Waals surface area contributed by atoms with E-state index in [2.05, 4.69) is 4.98 Å². The molecule has 0 unspecified atom stereocenters. The zero-order chi connectivity index (χ0) is 15.0. The number of fused-ring (bicyclic) bond motifs is 1. The molecular weight excluding hydrogens is 317 g/mol. The highest BCUT2D eigenvalue weighted by molar-refractivity contribution is 6.30. The average Bonchev–Trinajstić information content (AvgIpc) is 2.82. The molecule has 0 aliphatic rings. The molecule has 0 bridgehead atoms. The molecule has 0 aliphatic heterocycles. The van der Waals surface area contributed by atoms with Gasteiger partial charge in [0.2, 0.25) is 0 Å². The summed E-state index contributed by atoms with van der Waals surface area (Å²) in [5.74, 6) is -0.234. The van der Waals surface area contributed by atoms with Crippen LogP contribution in [-0.4, -0.2) is 15.4 Å². The maximum Gasteiger partial charge on any atom is 0.165 e. The summed E-state index contributed by atoms with van der Waals surface area (Å²) < 4.78 is 29.8. The quantitative estimate of drug-likeness (QED) is 0.636. The van der Waals surface area contributed by atoms with E-state index in [1.165, 1.54) is 12.1 Å². The molecule has 1 aromatic heterocycles. The fourth-order valence-electron chi connectivity index (χ4n) is 2.30. The zero-order valence-corrected chi connectivity index (χ0v) is 12.3. The van der Waals surface area contributed by atoms with Crippen molar-refractivity contribution >= 4 is 34.2 Å². The maximum absolute atomic E-state index is 14.3. The Hall–Kier alpha value is -1.65. The molecule has 2 aromatic carbocycles. The minimum Gasteiger partial charge on any atom is -0.293 e. The Morgan fingerprint density at radius 1 is 1.10 bits per heavy atom. The van der Waals surface area contributed by atoms with Crippen molar-refractivity contribution in [3.63, 3.8) is 0 Å². The van der Waals surface area contributed by atoms with Crippen LogP contribution in [-0.2, 0) is 6.42 Å². The van der Waals surface area contributed by atoms with Gasteiger partial charge in [0.05, 0.1) is 16.2 Å². The highest BCUT2D eigenvalue weighted by Gasteiger charge is 2.18. The SMILES string of the molecule is Fc1c(Cl)cccc1-n1c(CCCl)nc2c(F)cccc21. The van der Waals surface area contributed by atoms with Gasteiger partial charge in [-0.2, -0.15) is 0 Å². The predicted molar refractivity (Wildman–Crippen MR) is 80.4 cm³/mol. The van der Waals surface area contributed by atoms with Crippen LogP contribution in [0.4, 0.5) is 8.78 Å². The van der Waals surface area contributed by atoms with Crippen molar-refractivity contribution in [3.8, 4) is 5.69 Å². The molecule has 108 valence electrons. The number of aryl methyl sites for hydroxylation is 1. The molecule has 0 spiro atoms. The minimum atomic E-state index is -0.571. The average molecular weight is 327 g/mol. The van der Waals surface area contributed by atoms with Gasteiger partial charge in [-0.3, -0.25) is 4.57 Å². The number of alkyl halides is 1. The number of hydrogen-bond donors (Lipinski definition) is 0. The van der Waals surface area contributed by atoms with Gasteiger partial charge in [0.25, 0.3) is 0 Å². The van der Waals surface area contributed by atoms with Crippen molar-refractivity contribution in [1.29, 1.82) is 0 Å². The molecule has 0 amide bonds. The van der Waals surface area contributed by atoms with Gasteiger partial charge in [0.1, 0.15) is 11.3 Å². The highest BCUT2D eigenvalue weighted by Crippen LogP contribution is 2.28. The van der Waals surface area contributed by atoms with Crippen molar-refractivity contribution in [1.82, 2.24) is 9.55 Å². The van der Waals surface area contributed by atoms with Crippen molar-refractivity contribution < 1.29 is 8.78 Å². The third-order valence-corrected chi connectivity index (χ3v) is 3.68. The van der Waals surface area contributed by atoms with E-state index in [-0.39, 0.29) is 16.2 Å². The Labute approximate surface area is 129 Å². The number of aromatic nitrogens is 2. The number of rotatable bonds is 3. The normalized spacial score (nSPS) is 11.2. The highest BCUT2D eigenvalue weighted by atomic mass is 35.5. The van der Waals surface area contributed by atoms with Crippen LogP contribution in [0.5, 0.6) is 0 Å². The number of halogens is 4. The van der Waals surface area contributed by atoms with E-state index in [0.717, 1.165) is 0 Å². The number of para-hydroxylation sites is 1. The molecule has 0 fully saturated rings. The van der Waals surface area contributed by atoms with Crippen molar-refractivity contribution in [2.45, 2.75) is 6.42 Å². The fourth-order valence-corrected chi connectivity index (χ4v) is 2.64. The molecule has 6 heteroatoms. The number of benzene rings is 2. The maximum atomic E-state index is 14.3. The van der Waals surface area contributed by atoms with Gasteiger partial charge in [-0.05, 0) is 24.3 Å². The number of nitrogens with zero attached hydrogens (tertiary/aromatic N) is 2. The monoisotopic (exact) mass is 326 g/mol. The summed E-state index contributed by atoms with van der Waals surface area (Å²) in [7, 11) is 0. The van der Waals surface area contributed by atoms with Crippen LogP contribution in [0, 0.1) is 11.6 Å². The van der Waals surface area contributed by atoms with E-state index in [0.29, 0.717) is 23.6 Å². The second-order valence-corrected chi connectivity index (χ2v) is 5.27. The predicted octanol–water partition coefficient (Wildman–Crippen LogP) is 4.74. The van der Waals surface area contributed by atoms with Crippen LogP contribution in [0.25, 0.3) is 16.7 Å². The van der Waals surface area contributed by atoms with E-state index in [9.17, 15) is 8.78 Å². The lowest BCUT2D eigenvalue weighted by Gasteiger charge is -2.10. The number of imidazole rings is 1. The smallest absolute Gasteiger partial charge is 0.165 e. The summed E-state index contributed by atoms with van der Waals surface area (Å²) in [5, 5.41) is 0.00239. The third kappa shape index (κ3) is 2.39. The zero-order valence-electron chi connectivity index (χ0n) is 10.8. The molecular formula is C15H10Cl2F2N2. The van der Waals surface area contributed by atoms with Crippen LogP contribution >= 0.6 is 23.2 Å². The molecule has 0 saturated carbocycles. The Balaban J connectivity index is 2.37. The largest absolute Gasteiger partial charge is 0.293 e. The first kappa shape index (κ1) is 14.3. The molecule has 0 atom stereocenters. The molecule has 0 aliphatic carbocycles. The van der Waals surface area contributed by atoms with Gasteiger partial charge in [-0.1, -0.05) is 23.7 Å². The second kappa shape index (κ2) is 5.62. The van der Waals surface area contributed by atoms with Gasteiger partial charge >= 0.3 is 0 Å². The summed E-state index contributed by atoms with van der Waals surface area (Å²) in [6.07, 6.45) is 0.391. The molecule has 2 nitrogen and oxygen atoms in total. The molecule has 0 radical (unpaired) electrons. The van der Waals surface area contributed by atoms with E-state index >= 15 is 0 Å². The van der Waals surface area contributed by atoms with Crippen LogP contribution in [0.3, 0.4) is 0 Å². The molecule has 21 heavy (non-hydrogen) atoms. The van der Waals surface area contributed by atoms with E-state index in [1.54, 1.807) is 28.8 Å². The van der Waals surface area contributed by atoms with Gasteiger partial charge in [-0.15, -0.1) is 11.6 Å². The summed E-state index contributed by atoms with van der Waals surface area (Å²) in [5.41, 5.74) is 0.906. The molecule has 0 saturated heterocycles. The van der Waals surface area contributed by atoms with E-state index in [1.807, 2.05) is 0 Å². The summed E-state index contributed by atoms with van der Waals surface area (Å²) >= 11 is 11.6. The van der Waals surface area contributed by atoms with E-state index < -0.39 is 11.6 Å².